The fourth-order valence-electron chi connectivity index (χ4n) is 3.57. The zero-order chi connectivity index (χ0) is 19.3. The highest BCUT2D eigenvalue weighted by atomic mass is 32.1. The summed E-state index contributed by atoms with van der Waals surface area (Å²) in [5, 5.41) is 21.6. The molecular weight excluding hydrogens is 362 g/mol. The van der Waals surface area contributed by atoms with Crippen molar-refractivity contribution in [2.45, 2.75) is 46.0 Å². The molecule has 0 spiro atoms. The lowest BCUT2D eigenvalue weighted by Gasteiger charge is -2.32. The maximum absolute atomic E-state index is 11.8. The van der Waals surface area contributed by atoms with Gasteiger partial charge in [0.05, 0.1) is 16.4 Å². The van der Waals surface area contributed by atoms with Gasteiger partial charge in [-0.25, -0.2) is 0 Å². The number of rotatable bonds is 7. The van der Waals surface area contributed by atoms with Crippen molar-refractivity contribution < 1.29 is 9.66 Å². The molecule has 0 unspecified atom stereocenters. The van der Waals surface area contributed by atoms with Crippen LogP contribution in [0.1, 0.15) is 46.1 Å². The maximum atomic E-state index is 11.8. The molecule has 0 saturated carbocycles. The van der Waals surface area contributed by atoms with E-state index in [0.29, 0.717) is 43.6 Å². The number of benzene rings is 1. The molecule has 1 saturated heterocycles. The molecule has 1 aromatic carbocycles. The molecule has 1 fully saturated rings. The van der Waals surface area contributed by atoms with E-state index in [2.05, 4.69) is 38.7 Å². The van der Waals surface area contributed by atoms with Crippen LogP contribution in [0.2, 0.25) is 0 Å². The number of nitrogens with zero attached hydrogens (tertiary/aromatic N) is 3. The van der Waals surface area contributed by atoms with E-state index in [1.807, 2.05) is 12.1 Å². The molecule has 1 aromatic rings. The number of hydrogen-bond acceptors (Lipinski definition) is 5. The summed E-state index contributed by atoms with van der Waals surface area (Å²) >= 11 is 0. The molecule has 1 aliphatic rings. The van der Waals surface area contributed by atoms with Crippen molar-refractivity contribution >= 4 is 24.9 Å². The minimum atomic E-state index is -0.692. The fraction of sp³-hybridized carbons (Fsp3) is 0.650. The van der Waals surface area contributed by atoms with Crippen LogP contribution in [0.3, 0.4) is 0 Å². The number of nitro benzene ring substituents is 1. The summed E-state index contributed by atoms with van der Waals surface area (Å²) in [7, 11) is 0. The lowest BCUT2D eigenvalue weighted by Crippen LogP contribution is -2.33. The molecule has 0 radical (unpaired) electrons. The SMILES string of the molecule is CC(C)CN(CC(C)C)c1ccc(C2(C#N)CCOCC2)cc1[N+](=O)[O-].S. The molecule has 7 heteroatoms. The van der Waals surface area contributed by atoms with E-state index < -0.39 is 5.41 Å². The zero-order valence-electron chi connectivity index (χ0n) is 16.7. The Morgan fingerprint density at radius 1 is 1.22 bits per heavy atom. The molecule has 0 aromatic heterocycles. The topological polar surface area (TPSA) is 79.4 Å². The van der Waals surface area contributed by atoms with E-state index in [-0.39, 0.29) is 24.1 Å². The average molecular weight is 394 g/mol. The number of nitro groups is 1. The predicted molar refractivity (Wildman–Crippen MR) is 113 cm³/mol. The van der Waals surface area contributed by atoms with Gasteiger partial charge in [-0.05, 0) is 36.3 Å². The number of anilines is 1. The van der Waals surface area contributed by atoms with Gasteiger partial charge >= 0.3 is 0 Å². The van der Waals surface area contributed by atoms with Gasteiger partial charge in [-0.1, -0.05) is 33.8 Å². The molecule has 1 heterocycles. The Labute approximate surface area is 169 Å². The van der Waals surface area contributed by atoms with Gasteiger partial charge in [-0.3, -0.25) is 10.1 Å². The van der Waals surface area contributed by atoms with E-state index in [9.17, 15) is 15.4 Å². The Morgan fingerprint density at radius 2 is 1.78 bits per heavy atom. The summed E-state index contributed by atoms with van der Waals surface area (Å²) in [6, 6.07) is 7.72. The minimum absolute atomic E-state index is 0. The summed E-state index contributed by atoms with van der Waals surface area (Å²) in [6.07, 6.45) is 1.14. The molecule has 27 heavy (non-hydrogen) atoms. The third-order valence-electron chi connectivity index (χ3n) is 4.80. The van der Waals surface area contributed by atoms with E-state index in [4.69, 9.17) is 4.74 Å². The second-order valence-electron chi connectivity index (χ2n) is 7.96. The van der Waals surface area contributed by atoms with E-state index >= 15 is 0 Å². The first-order valence-electron chi connectivity index (χ1n) is 9.32. The highest BCUT2D eigenvalue weighted by Crippen LogP contribution is 2.39. The first-order valence-corrected chi connectivity index (χ1v) is 9.32. The van der Waals surface area contributed by atoms with Crippen LogP contribution in [-0.4, -0.2) is 31.2 Å². The molecule has 0 bridgehead atoms. The molecule has 150 valence electrons. The molecule has 2 rings (SSSR count). The molecule has 1 aliphatic heterocycles. The van der Waals surface area contributed by atoms with Gasteiger partial charge < -0.3 is 9.64 Å². The standard InChI is InChI=1S/C20H29N3O3.H2S/c1-15(2)12-22(13-16(3)4)18-6-5-17(11-19(18)23(24)25)20(14-21)7-9-26-10-8-20;/h5-6,11,15-16H,7-10,12-13H2,1-4H3;1H2. The van der Waals surface area contributed by atoms with Gasteiger partial charge in [-0.2, -0.15) is 18.8 Å². The van der Waals surface area contributed by atoms with Crippen molar-refractivity contribution in [2.75, 3.05) is 31.2 Å². The Balaban J connectivity index is 0.00000364. The Kier molecular flexibility index (Phi) is 8.58. The average Bonchev–Trinajstić information content (AvgIpc) is 2.60. The number of nitriles is 1. The van der Waals surface area contributed by atoms with Gasteiger partial charge in [0.2, 0.25) is 0 Å². The first-order chi connectivity index (χ1) is 12.3. The van der Waals surface area contributed by atoms with Crippen LogP contribution >= 0.6 is 13.5 Å². The number of hydrogen-bond donors (Lipinski definition) is 0. The van der Waals surface area contributed by atoms with Crippen molar-refractivity contribution in [3.8, 4) is 6.07 Å². The van der Waals surface area contributed by atoms with Crippen LogP contribution in [0.4, 0.5) is 11.4 Å². The quantitative estimate of drug-likeness (QED) is 0.507. The zero-order valence-corrected chi connectivity index (χ0v) is 17.7. The van der Waals surface area contributed by atoms with E-state index in [0.717, 1.165) is 18.7 Å². The third-order valence-corrected chi connectivity index (χ3v) is 4.80. The smallest absolute Gasteiger partial charge is 0.292 e. The Morgan fingerprint density at radius 3 is 2.22 bits per heavy atom. The van der Waals surface area contributed by atoms with Crippen LogP contribution in [0.5, 0.6) is 0 Å². The summed E-state index contributed by atoms with van der Waals surface area (Å²) in [5.74, 6) is 0.794. The van der Waals surface area contributed by atoms with Gasteiger partial charge in [0.25, 0.3) is 5.69 Å². The molecule has 0 atom stereocenters. The van der Waals surface area contributed by atoms with Crippen molar-refractivity contribution in [1.29, 1.82) is 5.26 Å². The van der Waals surface area contributed by atoms with Crippen molar-refractivity contribution in [1.82, 2.24) is 0 Å². The highest BCUT2D eigenvalue weighted by Gasteiger charge is 2.36. The van der Waals surface area contributed by atoms with E-state index in [1.165, 1.54) is 0 Å². The Hall–Kier alpha value is -1.78. The van der Waals surface area contributed by atoms with Gasteiger partial charge in [0, 0.05) is 32.4 Å². The summed E-state index contributed by atoms with van der Waals surface area (Å²) in [5.41, 5.74) is 0.765. The van der Waals surface area contributed by atoms with Gasteiger partial charge in [0.1, 0.15) is 5.69 Å². The molecule has 0 N–H and O–H groups in total. The minimum Gasteiger partial charge on any atom is -0.381 e. The van der Waals surface area contributed by atoms with Crippen LogP contribution in [0, 0.1) is 33.3 Å². The van der Waals surface area contributed by atoms with Crippen LogP contribution < -0.4 is 4.90 Å². The van der Waals surface area contributed by atoms with Crippen LogP contribution in [0.25, 0.3) is 0 Å². The fourth-order valence-corrected chi connectivity index (χ4v) is 3.57. The largest absolute Gasteiger partial charge is 0.381 e. The Bertz CT molecular complexity index is 670. The van der Waals surface area contributed by atoms with Crippen molar-refractivity contribution in [3.05, 3.63) is 33.9 Å². The summed E-state index contributed by atoms with van der Waals surface area (Å²) < 4.78 is 5.38. The van der Waals surface area contributed by atoms with Gasteiger partial charge in [-0.15, -0.1) is 0 Å². The van der Waals surface area contributed by atoms with E-state index in [1.54, 1.807) is 6.07 Å². The highest BCUT2D eigenvalue weighted by molar-refractivity contribution is 7.59. The molecular formula is C20H31N3O3S. The second-order valence-corrected chi connectivity index (χ2v) is 7.96. The van der Waals surface area contributed by atoms with Crippen LogP contribution in [-0.2, 0) is 10.2 Å². The number of ether oxygens (including phenoxy) is 1. The molecule has 0 amide bonds. The van der Waals surface area contributed by atoms with Crippen molar-refractivity contribution in [2.24, 2.45) is 11.8 Å². The maximum Gasteiger partial charge on any atom is 0.292 e. The van der Waals surface area contributed by atoms with Crippen molar-refractivity contribution in [3.63, 3.8) is 0 Å². The molecule has 0 aliphatic carbocycles. The molecule has 6 nitrogen and oxygen atoms in total. The lowest BCUT2D eigenvalue weighted by atomic mass is 9.75. The van der Waals surface area contributed by atoms with Crippen LogP contribution in [0.15, 0.2) is 18.2 Å². The monoisotopic (exact) mass is 393 g/mol. The third kappa shape index (κ3) is 5.60. The summed E-state index contributed by atoms with van der Waals surface area (Å²) in [4.78, 5) is 13.6. The lowest BCUT2D eigenvalue weighted by molar-refractivity contribution is -0.384. The van der Waals surface area contributed by atoms with Gasteiger partial charge in [0.15, 0.2) is 0 Å². The first kappa shape index (κ1) is 23.3. The normalized spacial score (nSPS) is 15.9. The summed E-state index contributed by atoms with van der Waals surface area (Å²) in [6.45, 7) is 11.0. The predicted octanol–water partition coefficient (Wildman–Crippen LogP) is 4.40. The second kappa shape index (κ2) is 9.95.